The minimum atomic E-state index is -0.456. The van der Waals surface area contributed by atoms with Gasteiger partial charge in [-0.25, -0.2) is 14.7 Å². The van der Waals surface area contributed by atoms with E-state index in [1.807, 2.05) is 37.3 Å². The molecular formula is C15H15N3O2S. The number of aromatic nitrogens is 1. The monoisotopic (exact) mass is 301 g/mol. The molecule has 0 radical (unpaired) electrons. The van der Waals surface area contributed by atoms with Gasteiger partial charge in [-0.15, -0.1) is 11.3 Å². The van der Waals surface area contributed by atoms with Crippen LogP contribution in [0.25, 0.3) is 0 Å². The molecule has 0 spiro atoms. The standard InChI is InChI=1S/C15H15N3O2S/c1-10-16-9-13(21-10)18-14(19)12(17(2)15(18)20)8-11-6-4-3-5-7-11/h3-7,9,12H,8H2,1-2H3. The molecule has 1 saturated heterocycles. The van der Waals surface area contributed by atoms with Crippen molar-refractivity contribution in [2.75, 3.05) is 11.9 Å². The predicted molar refractivity (Wildman–Crippen MR) is 81.4 cm³/mol. The normalized spacial score (nSPS) is 18.7. The molecular weight excluding hydrogens is 286 g/mol. The number of carbonyl (C=O) groups excluding carboxylic acids is 2. The van der Waals surface area contributed by atoms with Crippen molar-refractivity contribution in [2.45, 2.75) is 19.4 Å². The predicted octanol–water partition coefficient (Wildman–Crippen LogP) is 2.46. The summed E-state index contributed by atoms with van der Waals surface area (Å²) in [5.74, 6) is -0.185. The molecule has 1 atom stereocenters. The fraction of sp³-hybridized carbons (Fsp3) is 0.267. The van der Waals surface area contributed by atoms with Gasteiger partial charge >= 0.3 is 6.03 Å². The maximum absolute atomic E-state index is 12.6. The number of aryl methyl sites for hydroxylation is 1. The van der Waals surface area contributed by atoms with Crippen LogP contribution in [0.4, 0.5) is 9.80 Å². The molecule has 6 heteroatoms. The first-order valence-electron chi connectivity index (χ1n) is 6.65. The lowest BCUT2D eigenvalue weighted by atomic mass is 10.1. The highest BCUT2D eigenvalue weighted by Gasteiger charge is 2.44. The Balaban J connectivity index is 1.87. The Kier molecular flexibility index (Phi) is 3.47. The van der Waals surface area contributed by atoms with E-state index in [1.54, 1.807) is 13.2 Å². The molecule has 1 aromatic heterocycles. The van der Waals surface area contributed by atoms with Crippen LogP contribution in [0, 0.1) is 6.92 Å². The Labute approximate surface area is 126 Å². The minimum Gasteiger partial charge on any atom is -0.315 e. The zero-order valence-electron chi connectivity index (χ0n) is 11.8. The lowest BCUT2D eigenvalue weighted by molar-refractivity contribution is -0.119. The van der Waals surface area contributed by atoms with Gasteiger partial charge < -0.3 is 4.90 Å². The van der Waals surface area contributed by atoms with Crippen LogP contribution in [0.5, 0.6) is 0 Å². The topological polar surface area (TPSA) is 53.5 Å². The van der Waals surface area contributed by atoms with Crippen LogP contribution in [-0.4, -0.2) is 34.9 Å². The minimum absolute atomic E-state index is 0.185. The zero-order chi connectivity index (χ0) is 15.0. The van der Waals surface area contributed by atoms with E-state index in [-0.39, 0.29) is 11.9 Å². The summed E-state index contributed by atoms with van der Waals surface area (Å²) in [5, 5.41) is 1.42. The van der Waals surface area contributed by atoms with Crippen molar-refractivity contribution in [1.29, 1.82) is 0 Å². The Morgan fingerprint density at radius 3 is 2.57 bits per heavy atom. The van der Waals surface area contributed by atoms with Gasteiger partial charge in [-0.2, -0.15) is 0 Å². The summed E-state index contributed by atoms with van der Waals surface area (Å²) in [6.45, 7) is 1.85. The van der Waals surface area contributed by atoms with E-state index in [9.17, 15) is 9.59 Å². The number of hydrogen-bond donors (Lipinski definition) is 0. The molecule has 0 N–H and O–H groups in total. The van der Waals surface area contributed by atoms with Gasteiger partial charge in [-0.05, 0) is 12.5 Å². The van der Waals surface area contributed by atoms with E-state index in [0.29, 0.717) is 11.4 Å². The Morgan fingerprint density at radius 2 is 1.95 bits per heavy atom. The number of rotatable bonds is 3. The van der Waals surface area contributed by atoms with Crippen LogP contribution in [0.15, 0.2) is 36.5 Å². The van der Waals surface area contributed by atoms with Gasteiger partial charge in [0.1, 0.15) is 11.0 Å². The molecule has 3 amide bonds. The van der Waals surface area contributed by atoms with Crippen LogP contribution in [-0.2, 0) is 11.2 Å². The average molecular weight is 301 g/mol. The van der Waals surface area contributed by atoms with Crippen molar-refractivity contribution >= 4 is 28.3 Å². The van der Waals surface area contributed by atoms with Crippen LogP contribution in [0.1, 0.15) is 10.6 Å². The maximum Gasteiger partial charge on any atom is 0.332 e. The number of anilines is 1. The Morgan fingerprint density at radius 1 is 1.24 bits per heavy atom. The molecule has 21 heavy (non-hydrogen) atoms. The molecule has 0 aliphatic carbocycles. The first-order chi connectivity index (χ1) is 10.1. The third kappa shape index (κ3) is 2.42. The number of likely N-dealkylation sites (N-methyl/N-ethyl adjacent to an activating group) is 1. The molecule has 0 saturated carbocycles. The average Bonchev–Trinajstić information content (AvgIpc) is 2.98. The number of benzene rings is 1. The van der Waals surface area contributed by atoms with Crippen LogP contribution < -0.4 is 4.90 Å². The number of thiazole rings is 1. The number of amides is 3. The van der Waals surface area contributed by atoms with Crippen LogP contribution in [0.2, 0.25) is 0 Å². The van der Waals surface area contributed by atoms with Crippen molar-refractivity contribution in [1.82, 2.24) is 9.88 Å². The summed E-state index contributed by atoms with van der Waals surface area (Å²) >= 11 is 1.35. The van der Waals surface area contributed by atoms with Crippen LogP contribution >= 0.6 is 11.3 Å². The third-order valence-corrected chi connectivity index (χ3v) is 4.47. The SMILES string of the molecule is Cc1ncc(N2C(=O)C(Cc3ccccc3)N(C)C2=O)s1. The summed E-state index contributed by atoms with van der Waals surface area (Å²) in [7, 11) is 1.67. The van der Waals surface area contributed by atoms with Gasteiger partial charge in [0.15, 0.2) is 0 Å². The van der Waals surface area contributed by atoms with Gasteiger partial charge in [-0.1, -0.05) is 30.3 Å². The Bertz CT molecular complexity index is 683. The molecule has 2 aromatic rings. The molecule has 3 rings (SSSR count). The lowest BCUT2D eigenvalue weighted by Crippen LogP contribution is -2.33. The number of urea groups is 1. The van der Waals surface area contributed by atoms with Crippen molar-refractivity contribution in [2.24, 2.45) is 0 Å². The number of carbonyl (C=O) groups is 2. The highest BCUT2D eigenvalue weighted by molar-refractivity contribution is 7.16. The molecule has 1 aliphatic rings. The first kappa shape index (κ1) is 13.8. The fourth-order valence-corrected chi connectivity index (χ4v) is 3.19. The van der Waals surface area contributed by atoms with E-state index >= 15 is 0 Å². The summed E-state index contributed by atoms with van der Waals surface area (Å²) < 4.78 is 0. The van der Waals surface area contributed by atoms with E-state index in [2.05, 4.69) is 4.98 Å². The van der Waals surface area contributed by atoms with Gasteiger partial charge in [-0.3, -0.25) is 4.79 Å². The lowest BCUT2D eigenvalue weighted by Gasteiger charge is -2.15. The molecule has 108 valence electrons. The molecule has 5 nitrogen and oxygen atoms in total. The second-order valence-electron chi connectivity index (χ2n) is 4.99. The van der Waals surface area contributed by atoms with E-state index in [0.717, 1.165) is 10.6 Å². The maximum atomic E-state index is 12.6. The van der Waals surface area contributed by atoms with Gasteiger partial charge in [0.25, 0.3) is 5.91 Å². The molecule has 1 fully saturated rings. The van der Waals surface area contributed by atoms with E-state index in [4.69, 9.17) is 0 Å². The molecule has 2 heterocycles. The van der Waals surface area contributed by atoms with E-state index in [1.165, 1.54) is 21.1 Å². The van der Waals surface area contributed by atoms with Gasteiger partial charge in [0, 0.05) is 13.5 Å². The highest BCUT2D eigenvalue weighted by atomic mass is 32.1. The van der Waals surface area contributed by atoms with Gasteiger partial charge in [0.2, 0.25) is 0 Å². The summed E-state index contributed by atoms with van der Waals surface area (Å²) in [6.07, 6.45) is 2.10. The second-order valence-corrected chi connectivity index (χ2v) is 6.20. The van der Waals surface area contributed by atoms with Gasteiger partial charge in [0.05, 0.1) is 11.2 Å². The van der Waals surface area contributed by atoms with Crippen molar-refractivity contribution < 1.29 is 9.59 Å². The first-order valence-corrected chi connectivity index (χ1v) is 7.46. The van der Waals surface area contributed by atoms with Crippen molar-refractivity contribution in [3.05, 3.63) is 47.1 Å². The molecule has 1 aromatic carbocycles. The smallest absolute Gasteiger partial charge is 0.315 e. The summed E-state index contributed by atoms with van der Waals surface area (Å²) in [6, 6.07) is 8.98. The second kappa shape index (κ2) is 5.29. The van der Waals surface area contributed by atoms with Crippen molar-refractivity contribution in [3.63, 3.8) is 0 Å². The van der Waals surface area contributed by atoms with Crippen LogP contribution in [0.3, 0.4) is 0 Å². The third-order valence-electron chi connectivity index (χ3n) is 3.57. The molecule has 0 bridgehead atoms. The summed E-state index contributed by atoms with van der Waals surface area (Å²) in [4.78, 5) is 31.8. The molecule has 1 unspecified atom stereocenters. The highest BCUT2D eigenvalue weighted by Crippen LogP contribution is 2.30. The fourth-order valence-electron chi connectivity index (χ4n) is 2.42. The quantitative estimate of drug-likeness (QED) is 0.818. The zero-order valence-corrected chi connectivity index (χ0v) is 12.6. The number of hydrogen-bond acceptors (Lipinski definition) is 4. The number of nitrogens with zero attached hydrogens (tertiary/aromatic N) is 3. The largest absolute Gasteiger partial charge is 0.332 e. The van der Waals surface area contributed by atoms with E-state index < -0.39 is 6.04 Å². The summed E-state index contributed by atoms with van der Waals surface area (Å²) in [5.41, 5.74) is 1.04. The molecule has 1 aliphatic heterocycles. The Hall–Kier alpha value is -2.21. The van der Waals surface area contributed by atoms with Crippen molar-refractivity contribution in [3.8, 4) is 0 Å². The number of imide groups is 1.